The number of carbonyl (C=O) groups is 1. The average Bonchev–Trinajstić information content (AvgIpc) is 3.27. The van der Waals surface area contributed by atoms with Crippen LogP contribution in [0.15, 0.2) is 48.7 Å². The number of carboxylic acid groups (broad SMARTS) is 1. The molecule has 6 heteroatoms. The van der Waals surface area contributed by atoms with Crippen molar-refractivity contribution in [3.8, 4) is 5.88 Å². The zero-order valence-electron chi connectivity index (χ0n) is 11.6. The van der Waals surface area contributed by atoms with E-state index in [0.717, 1.165) is 11.1 Å². The van der Waals surface area contributed by atoms with Gasteiger partial charge in [0.15, 0.2) is 0 Å². The van der Waals surface area contributed by atoms with E-state index in [1.165, 1.54) is 0 Å². The fourth-order valence-corrected chi connectivity index (χ4v) is 1.94. The number of carboxylic acids is 1. The van der Waals surface area contributed by atoms with Crippen molar-refractivity contribution in [2.24, 2.45) is 0 Å². The molecular weight excluding hydrogens is 281 g/mol. The van der Waals surface area contributed by atoms with Gasteiger partial charge in [0.25, 0.3) is 0 Å². The molecule has 102 valence electrons. The van der Waals surface area contributed by atoms with Gasteiger partial charge in [0.1, 0.15) is 18.8 Å². The zero-order chi connectivity index (χ0) is 13.9. The topological polar surface area (TPSA) is 74.8 Å². The number of hydrogen-bond acceptors (Lipinski definition) is 5. The Labute approximate surface area is 144 Å². The predicted molar refractivity (Wildman–Crippen MR) is 67.6 cm³/mol. The summed E-state index contributed by atoms with van der Waals surface area (Å²) in [5, 5.41) is 10.6. The predicted octanol–water partition coefficient (Wildman–Crippen LogP) is -2.15. The van der Waals surface area contributed by atoms with Crippen LogP contribution >= 0.6 is 0 Å². The summed E-state index contributed by atoms with van der Waals surface area (Å²) in [7, 11) is 0. The summed E-state index contributed by atoms with van der Waals surface area (Å²) in [6, 6.07) is 12.9. The molecule has 5 nitrogen and oxygen atoms in total. The maximum atomic E-state index is 10.6. The van der Waals surface area contributed by atoms with Crippen LogP contribution < -0.4 is 39.4 Å². The Morgan fingerprint density at radius 1 is 1.24 bits per heavy atom. The van der Waals surface area contributed by atoms with Gasteiger partial charge in [0, 0.05) is 12.3 Å². The fraction of sp³-hybridized carbons (Fsp3) is 0.200. The summed E-state index contributed by atoms with van der Waals surface area (Å²) < 4.78 is 10.6. The second-order valence-electron chi connectivity index (χ2n) is 4.49. The first-order valence-electron chi connectivity index (χ1n) is 6.23. The van der Waals surface area contributed by atoms with Gasteiger partial charge in [0.2, 0.25) is 5.88 Å². The summed E-state index contributed by atoms with van der Waals surface area (Å²) in [5.74, 6) is -0.600. The van der Waals surface area contributed by atoms with Gasteiger partial charge in [-0.15, -0.1) is 0 Å². The second kappa shape index (κ2) is 7.04. The number of nitrogens with zero attached hydrogens (tertiary/aromatic N) is 1. The van der Waals surface area contributed by atoms with Crippen molar-refractivity contribution in [1.29, 1.82) is 0 Å². The minimum absolute atomic E-state index is 0. The van der Waals surface area contributed by atoms with Gasteiger partial charge in [-0.1, -0.05) is 30.3 Å². The SMILES string of the molecule is O=C([O-])C1OC1c1ccc(COc2ccccn2)cc1.[Na+]. The van der Waals surface area contributed by atoms with Crippen LogP contribution in [0.3, 0.4) is 0 Å². The summed E-state index contributed by atoms with van der Waals surface area (Å²) in [6.45, 7) is 0.409. The Morgan fingerprint density at radius 2 is 2.00 bits per heavy atom. The van der Waals surface area contributed by atoms with Gasteiger partial charge >= 0.3 is 29.6 Å². The molecule has 1 fully saturated rings. The van der Waals surface area contributed by atoms with Crippen LogP contribution in [0.25, 0.3) is 0 Å². The molecule has 2 heterocycles. The minimum Gasteiger partial charge on any atom is -0.547 e. The molecule has 0 amide bonds. The molecular formula is C15H12NNaO4. The Balaban J connectivity index is 0.00000161. The minimum atomic E-state index is -1.17. The summed E-state index contributed by atoms with van der Waals surface area (Å²) in [5.41, 5.74) is 1.81. The molecule has 0 saturated carbocycles. The Kier molecular flexibility index (Phi) is 5.36. The van der Waals surface area contributed by atoms with Crippen molar-refractivity contribution in [2.45, 2.75) is 18.8 Å². The van der Waals surface area contributed by atoms with E-state index in [0.29, 0.717) is 12.5 Å². The second-order valence-corrected chi connectivity index (χ2v) is 4.49. The third-order valence-corrected chi connectivity index (χ3v) is 3.06. The van der Waals surface area contributed by atoms with Crippen LogP contribution in [0.5, 0.6) is 5.88 Å². The molecule has 0 aliphatic carbocycles. The smallest absolute Gasteiger partial charge is 0.547 e. The van der Waals surface area contributed by atoms with Crippen LogP contribution in [0, 0.1) is 0 Å². The van der Waals surface area contributed by atoms with Crippen molar-refractivity contribution in [1.82, 2.24) is 4.98 Å². The number of benzene rings is 1. The van der Waals surface area contributed by atoms with Gasteiger partial charge in [-0.2, -0.15) is 0 Å². The number of aliphatic carboxylic acids is 1. The van der Waals surface area contributed by atoms with Crippen molar-refractivity contribution in [2.75, 3.05) is 0 Å². The third kappa shape index (κ3) is 4.04. The van der Waals surface area contributed by atoms with Gasteiger partial charge in [-0.3, -0.25) is 0 Å². The molecule has 21 heavy (non-hydrogen) atoms. The largest absolute Gasteiger partial charge is 1.00 e. The molecule has 2 atom stereocenters. The Bertz CT molecular complexity index is 603. The van der Waals surface area contributed by atoms with Crippen LogP contribution in [0.2, 0.25) is 0 Å². The standard InChI is InChI=1S/C15H13NO4.Na/c17-15(18)14-13(20-14)11-6-4-10(5-7-11)9-19-12-3-1-2-8-16-12;/h1-8,13-14H,9H2,(H,17,18);/q;+1/p-1. The first kappa shape index (κ1) is 16.0. The van der Waals surface area contributed by atoms with Crippen LogP contribution in [0.4, 0.5) is 0 Å². The Hall–Kier alpha value is -1.40. The fourth-order valence-electron chi connectivity index (χ4n) is 1.94. The number of ether oxygens (including phenoxy) is 2. The van der Waals surface area contributed by atoms with Gasteiger partial charge in [-0.05, 0) is 17.2 Å². The maximum absolute atomic E-state index is 10.6. The number of hydrogen-bond donors (Lipinski definition) is 0. The molecule has 3 rings (SSSR count). The van der Waals surface area contributed by atoms with Gasteiger partial charge in [-0.25, -0.2) is 4.98 Å². The summed E-state index contributed by atoms with van der Waals surface area (Å²) in [6.07, 6.45) is 0.472. The maximum Gasteiger partial charge on any atom is 1.00 e. The molecule has 1 aliphatic rings. The number of pyridine rings is 1. The van der Waals surface area contributed by atoms with E-state index in [1.807, 2.05) is 36.4 Å². The molecule has 2 unspecified atom stereocenters. The van der Waals surface area contributed by atoms with Gasteiger partial charge < -0.3 is 19.4 Å². The van der Waals surface area contributed by atoms with Crippen LogP contribution in [0.1, 0.15) is 17.2 Å². The molecule has 0 N–H and O–H groups in total. The van der Waals surface area contributed by atoms with E-state index in [-0.39, 0.29) is 35.7 Å². The van der Waals surface area contributed by atoms with Crippen molar-refractivity contribution in [3.63, 3.8) is 0 Å². The quantitative estimate of drug-likeness (QED) is 0.464. The monoisotopic (exact) mass is 293 g/mol. The van der Waals surface area contributed by atoms with E-state index < -0.39 is 12.1 Å². The molecule has 1 saturated heterocycles. The molecule has 0 radical (unpaired) electrons. The number of epoxide rings is 1. The first-order valence-corrected chi connectivity index (χ1v) is 6.23. The van der Waals surface area contributed by atoms with Crippen molar-refractivity contribution >= 4 is 5.97 Å². The van der Waals surface area contributed by atoms with E-state index in [4.69, 9.17) is 9.47 Å². The average molecular weight is 293 g/mol. The zero-order valence-corrected chi connectivity index (χ0v) is 13.6. The number of rotatable bonds is 5. The van der Waals surface area contributed by atoms with E-state index in [9.17, 15) is 9.90 Å². The molecule has 1 aliphatic heterocycles. The third-order valence-electron chi connectivity index (χ3n) is 3.06. The van der Waals surface area contributed by atoms with Crippen LogP contribution in [-0.4, -0.2) is 17.1 Å². The Morgan fingerprint density at radius 3 is 2.57 bits per heavy atom. The van der Waals surface area contributed by atoms with Gasteiger partial charge in [0.05, 0.1) is 5.97 Å². The molecule has 1 aromatic carbocycles. The normalized spacial score (nSPS) is 19.4. The van der Waals surface area contributed by atoms with Crippen LogP contribution in [-0.2, 0) is 16.1 Å². The summed E-state index contributed by atoms with van der Waals surface area (Å²) in [4.78, 5) is 14.7. The molecule has 1 aromatic heterocycles. The molecule has 0 spiro atoms. The molecule has 0 bridgehead atoms. The number of aromatic nitrogens is 1. The van der Waals surface area contributed by atoms with E-state index in [1.54, 1.807) is 12.3 Å². The summed E-state index contributed by atoms with van der Waals surface area (Å²) >= 11 is 0. The molecule has 2 aromatic rings. The first-order chi connectivity index (χ1) is 9.74. The van der Waals surface area contributed by atoms with Crippen molar-refractivity contribution < 1.29 is 48.9 Å². The van der Waals surface area contributed by atoms with E-state index in [2.05, 4.69) is 4.98 Å². The number of carbonyl (C=O) groups excluding carboxylic acids is 1. The van der Waals surface area contributed by atoms with Crippen molar-refractivity contribution in [3.05, 3.63) is 59.8 Å². The van der Waals surface area contributed by atoms with E-state index >= 15 is 0 Å².